The van der Waals surface area contributed by atoms with Crippen molar-refractivity contribution in [3.05, 3.63) is 70.2 Å². The third-order valence-corrected chi connectivity index (χ3v) is 6.26. The number of pyridine rings is 1. The van der Waals surface area contributed by atoms with Gasteiger partial charge < -0.3 is 25.6 Å². The minimum Gasteiger partial charge on any atom is -0.382 e. The first-order chi connectivity index (χ1) is 19.0. The Morgan fingerprint density at radius 3 is 2.52 bits per heavy atom. The normalized spacial score (nSPS) is 16.1. The van der Waals surface area contributed by atoms with Crippen LogP contribution in [0.3, 0.4) is 0 Å². The van der Waals surface area contributed by atoms with Crippen molar-refractivity contribution in [2.45, 2.75) is 38.8 Å². The zero-order valence-corrected chi connectivity index (χ0v) is 22.3. The lowest BCUT2D eigenvalue weighted by molar-refractivity contribution is -0.118. The molecule has 1 aromatic carbocycles. The lowest BCUT2D eigenvalue weighted by Crippen LogP contribution is -2.58. The number of amides is 4. The Kier molecular flexibility index (Phi) is 8.38. The molecule has 0 aliphatic carbocycles. The number of aryl methyl sites for hydroxylation is 3. The zero-order chi connectivity index (χ0) is 29.0. The first-order valence-corrected chi connectivity index (χ1v) is 12.3. The van der Waals surface area contributed by atoms with Crippen LogP contribution in [-0.2, 0) is 9.53 Å². The summed E-state index contributed by atoms with van der Waals surface area (Å²) in [6.45, 7) is 3.64. The van der Waals surface area contributed by atoms with Crippen LogP contribution in [-0.4, -0.2) is 70.8 Å². The maximum absolute atomic E-state index is 14.1. The minimum atomic E-state index is -3.13. The highest BCUT2D eigenvalue weighted by molar-refractivity contribution is 6.01. The molecule has 2 aromatic heterocycles. The molecule has 0 radical (unpaired) electrons. The molecular weight excluding hydrogens is 528 g/mol. The van der Waals surface area contributed by atoms with Crippen LogP contribution in [0.25, 0.3) is 0 Å². The van der Waals surface area contributed by atoms with Gasteiger partial charge in [-0.05, 0) is 49.2 Å². The summed E-state index contributed by atoms with van der Waals surface area (Å²) < 4.78 is 38.1. The first kappa shape index (κ1) is 28.5. The van der Waals surface area contributed by atoms with Crippen LogP contribution in [0, 0.1) is 20.8 Å². The van der Waals surface area contributed by atoms with Gasteiger partial charge in [0.25, 0.3) is 17.7 Å². The molecule has 3 N–H and O–H groups in total. The van der Waals surface area contributed by atoms with E-state index in [4.69, 9.17) is 4.74 Å². The van der Waals surface area contributed by atoms with E-state index in [2.05, 4.69) is 35.9 Å². The number of anilines is 1. The van der Waals surface area contributed by atoms with E-state index in [-0.39, 0.29) is 23.8 Å². The third kappa shape index (κ3) is 6.57. The number of benzene rings is 1. The van der Waals surface area contributed by atoms with E-state index in [1.807, 2.05) is 19.9 Å². The SMILES string of the molecule is COC[C@H](c1ccnc(NC(=O)[C@@H](NC(=O)c2nonc2C)c2cc(C)cc(C)c2)c1)N1CC(F)(F)CNC1=O. The molecule has 0 saturated carbocycles. The number of urea groups is 1. The molecule has 0 unspecified atom stereocenters. The number of halogens is 2. The molecule has 1 saturated heterocycles. The monoisotopic (exact) mass is 557 g/mol. The van der Waals surface area contributed by atoms with Gasteiger partial charge in [0.1, 0.15) is 17.6 Å². The summed E-state index contributed by atoms with van der Waals surface area (Å²) >= 11 is 0. The van der Waals surface area contributed by atoms with E-state index in [0.717, 1.165) is 16.0 Å². The van der Waals surface area contributed by atoms with Gasteiger partial charge in [0.15, 0.2) is 5.69 Å². The maximum Gasteiger partial charge on any atom is 0.318 e. The number of hydrogen-bond donors (Lipinski definition) is 3. The summed E-state index contributed by atoms with van der Waals surface area (Å²) in [5.74, 6) is -4.34. The molecule has 1 fully saturated rings. The maximum atomic E-state index is 14.1. The first-order valence-electron chi connectivity index (χ1n) is 12.3. The molecule has 2 atom stereocenters. The number of hydrogen-bond acceptors (Lipinski definition) is 8. The number of ether oxygens (including phenoxy) is 1. The molecule has 212 valence electrons. The van der Waals surface area contributed by atoms with Gasteiger partial charge >= 0.3 is 6.03 Å². The average molecular weight is 558 g/mol. The van der Waals surface area contributed by atoms with Gasteiger partial charge in [0.05, 0.1) is 25.7 Å². The number of aromatic nitrogens is 3. The number of methoxy groups -OCH3 is 1. The van der Waals surface area contributed by atoms with E-state index >= 15 is 0 Å². The fourth-order valence-corrected chi connectivity index (χ4v) is 4.49. The van der Waals surface area contributed by atoms with Crippen LogP contribution < -0.4 is 16.0 Å². The van der Waals surface area contributed by atoms with Gasteiger partial charge in [-0.3, -0.25) is 9.59 Å². The fourth-order valence-electron chi connectivity index (χ4n) is 4.49. The fraction of sp³-hybridized carbons (Fsp3) is 0.385. The standard InChI is InChI=1S/C26H29F2N7O5/c1-14-7-15(2)9-18(8-14)22(32-23(36)21-16(3)33-40-34-21)24(37)31-20-10-17(5-6-29-20)19(11-39-4)35-13-26(27,28)12-30-25(35)38/h5-10,19,22H,11-13H2,1-4H3,(H,30,38)(H,32,36)(H,29,31,37)/t19-,22+/m1/s1. The van der Waals surface area contributed by atoms with Crippen LogP contribution in [0.5, 0.6) is 0 Å². The summed E-state index contributed by atoms with van der Waals surface area (Å²) in [5, 5.41) is 14.8. The number of alkyl halides is 2. The van der Waals surface area contributed by atoms with E-state index in [1.54, 1.807) is 25.1 Å². The predicted octanol–water partition coefficient (Wildman–Crippen LogP) is 2.85. The molecule has 4 rings (SSSR count). The Hall–Kier alpha value is -4.46. The molecule has 4 amide bonds. The quantitative estimate of drug-likeness (QED) is 0.363. The van der Waals surface area contributed by atoms with Crippen LogP contribution in [0.4, 0.5) is 19.4 Å². The zero-order valence-electron chi connectivity index (χ0n) is 22.3. The topological polar surface area (TPSA) is 152 Å². The number of nitrogens with one attached hydrogen (secondary N) is 3. The van der Waals surface area contributed by atoms with Crippen molar-refractivity contribution in [1.29, 1.82) is 0 Å². The Labute approximate surface area is 228 Å². The molecule has 14 heteroatoms. The molecule has 3 heterocycles. The molecule has 0 spiro atoms. The van der Waals surface area contributed by atoms with Gasteiger partial charge in [0, 0.05) is 13.3 Å². The molecule has 1 aliphatic rings. The second kappa shape index (κ2) is 11.7. The highest BCUT2D eigenvalue weighted by Crippen LogP contribution is 2.29. The van der Waals surface area contributed by atoms with Crippen molar-refractivity contribution in [2.75, 3.05) is 32.1 Å². The van der Waals surface area contributed by atoms with Gasteiger partial charge in [0.2, 0.25) is 0 Å². The van der Waals surface area contributed by atoms with Gasteiger partial charge in [-0.25, -0.2) is 23.2 Å². The minimum absolute atomic E-state index is 0.0682. The molecule has 1 aliphatic heterocycles. The molecule has 40 heavy (non-hydrogen) atoms. The van der Waals surface area contributed by atoms with Crippen LogP contribution in [0.15, 0.2) is 41.2 Å². The van der Waals surface area contributed by atoms with E-state index in [0.29, 0.717) is 11.1 Å². The van der Waals surface area contributed by atoms with Crippen molar-refractivity contribution in [2.24, 2.45) is 0 Å². The number of rotatable bonds is 9. The lowest BCUT2D eigenvalue weighted by Gasteiger charge is -2.38. The third-order valence-electron chi connectivity index (χ3n) is 6.26. The van der Waals surface area contributed by atoms with E-state index < -0.39 is 48.9 Å². The molecular formula is C26H29F2N7O5. The van der Waals surface area contributed by atoms with Crippen molar-refractivity contribution in [3.8, 4) is 0 Å². The summed E-state index contributed by atoms with van der Waals surface area (Å²) in [6.07, 6.45) is 1.38. The predicted molar refractivity (Wildman–Crippen MR) is 138 cm³/mol. The van der Waals surface area contributed by atoms with Gasteiger partial charge in [-0.2, -0.15) is 0 Å². The summed E-state index contributed by atoms with van der Waals surface area (Å²) in [4.78, 5) is 44.1. The number of carbonyl (C=O) groups is 3. The second-order valence-electron chi connectivity index (χ2n) is 9.60. The van der Waals surface area contributed by atoms with E-state index in [1.165, 1.54) is 19.4 Å². The Morgan fingerprint density at radius 2 is 1.88 bits per heavy atom. The average Bonchev–Trinajstić information content (AvgIpc) is 3.32. The van der Waals surface area contributed by atoms with Crippen molar-refractivity contribution >= 4 is 23.7 Å². The number of carbonyl (C=O) groups excluding carboxylic acids is 3. The van der Waals surface area contributed by atoms with Gasteiger partial charge in [-0.1, -0.05) is 34.5 Å². The Balaban J connectivity index is 1.62. The van der Waals surface area contributed by atoms with Crippen LogP contribution >= 0.6 is 0 Å². The van der Waals surface area contributed by atoms with Crippen molar-refractivity contribution in [1.82, 2.24) is 30.8 Å². The van der Waals surface area contributed by atoms with Crippen molar-refractivity contribution < 1.29 is 32.5 Å². The molecule has 3 aromatic rings. The largest absolute Gasteiger partial charge is 0.382 e. The van der Waals surface area contributed by atoms with Crippen molar-refractivity contribution in [3.63, 3.8) is 0 Å². The molecule has 0 bridgehead atoms. The smallest absolute Gasteiger partial charge is 0.318 e. The summed E-state index contributed by atoms with van der Waals surface area (Å²) in [6, 6.07) is 5.76. The van der Waals surface area contributed by atoms with Crippen LogP contribution in [0.1, 0.15) is 50.5 Å². The Morgan fingerprint density at radius 1 is 1.15 bits per heavy atom. The lowest BCUT2D eigenvalue weighted by atomic mass is 10.00. The number of nitrogens with zero attached hydrogens (tertiary/aromatic N) is 4. The molecule has 12 nitrogen and oxygen atoms in total. The second-order valence-corrected chi connectivity index (χ2v) is 9.60. The summed E-state index contributed by atoms with van der Waals surface area (Å²) in [7, 11) is 1.39. The summed E-state index contributed by atoms with van der Waals surface area (Å²) in [5.41, 5.74) is 2.86. The van der Waals surface area contributed by atoms with E-state index in [9.17, 15) is 23.2 Å². The highest BCUT2D eigenvalue weighted by Gasteiger charge is 2.42. The Bertz CT molecular complexity index is 1390. The van der Waals surface area contributed by atoms with Crippen LogP contribution in [0.2, 0.25) is 0 Å². The van der Waals surface area contributed by atoms with Gasteiger partial charge in [-0.15, -0.1) is 0 Å². The highest BCUT2D eigenvalue weighted by atomic mass is 19.3.